The van der Waals surface area contributed by atoms with Crippen molar-refractivity contribution < 1.29 is 9.53 Å². The van der Waals surface area contributed by atoms with Crippen LogP contribution in [-0.2, 0) is 16.0 Å². The molecular formula is C15H22O2. The average molecular weight is 234 g/mol. The van der Waals surface area contributed by atoms with Crippen LogP contribution in [0.4, 0.5) is 0 Å². The van der Waals surface area contributed by atoms with Crippen molar-refractivity contribution in [2.75, 3.05) is 7.11 Å². The molecular weight excluding hydrogens is 212 g/mol. The minimum absolute atomic E-state index is 0.0409. The van der Waals surface area contributed by atoms with Crippen molar-refractivity contribution in [2.45, 2.75) is 39.5 Å². The standard InChI is InChI=1S/C15H22O2/c1-5-13-6-8-14(9-7-13)11(2)10-12(3)15(16)17-4/h6-9,11-12H,5,10H2,1-4H3. The van der Waals surface area contributed by atoms with E-state index in [2.05, 4.69) is 38.1 Å². The Morgan fingerprint density at radius 2 is 1.82 bits per heavy atom. The highest BCUT2D eigenvalue weighted by Gasteiger charge is 2.17. The van der Waals surface area contributed by atoms with E-state index in [-0.39, 0.29) is 11.9 Å². The highest BCUT2D eigenvalue weighted by molar-refractivity contribution is 5.71. The van der Waals surface area contributed by atoms with Crippen LogP contribution in [0.5, 0.6) is 0 Å². The van der Waals surface area contributed by atoms with Crippen molar-refractivity contribution in [3.63, 3.8) is 0 Å². The molecule has 0 aliphatic carbocycles. The predicted octanol–water partition coefficient (Wildman–Crippen LogP) is 3.55. The molecule has 0 radical (unpaired) electrons. The lowest BCUT2D eigenvalue weighted by molar-refractivity contribution is -0.145. The number of rotatable bonds is 5. The molecule has 94 valence electrons. The maximum atomic E-state index is 11.4. The summed E-state index contributed by atoms with van der Waals surface area (Å²) >= 11 is 0. The number of hydrogen-bond acceptors (Lipinski definition) is 2. The monoisotopic (exact) mass is 234 g/mol. The van der Waals surface area contributed by atoms with Crippen molar-refractivity contribution in [1.29, 1.82) is 0 Å². The third-order valence-corrected chi connectivity index (χ3v) is 3.27. The van der Waals surface area contributed by atoms with Gasteiger partial charge in [0.25, 0.3) is 0 Å². The molecule has 0 aliphatic rings. The van der Waals surface area contributed by atoms with Crippen LogP contribution in [-0.4, -0.2) is 13.1 Å². The van der Waals surface area contributed by atoms with Crippen LogP contribution in [0.25, 0.3) is 0 Å². The number of methoxy groups -OCH3 is 1. The van der Waals surface area contributed by atoms with Crippen LogP contribution >= 0.6 is 0 Å². The van der Waals surface area contributed by atoms with Gasteiger partial charge in [0.2, 0.25) is 0 Å². The Balaban J connectivity index is 2.62. The average Bonchev–Trinajstić information content (AvgIpc) is 2.37. The molecule has 0 amide bonds. The molecule has 0 bridgehead atoms. The third-order valence-electron chi connectivity index (χ3n) is 3.27. The first kappa shape index (κ1) is 13.8. The smallest absolute Gasteiger partial charge is 0.308 e. The van der Waals surface area contributed by atoms with Gasteiger partial charge >= 0.3 is 5.97 Å². The topological polar surface area (TPSA) is 26.3 Å². The van der Waals surface area contributed by atoms with Gasteiger partial charge in [-0.05, 0) is 29.9 Å². The minimum Gasteiger partial charge on any atom is -0.469 e. The molecule has 0 fully saturated rings. The summed E-state index contributed by atoms with van der Waals surface area (Å²) in [6, 6.07) is 8.64. The molecule has 0 saturated carbocycles. The fourth-order valence-electron chi connectivity index (χ4n) is 2.05. The molecule has 1 aromatic rings. The van der Waals surface area contributed by atoms with Crippen LogP contribution in [0.1, 0.15) is 44.2 Å². The van der Waals surface area contributed by atoms with E-state index in [0.717, 1.165) is 12.8 Å². The zero-order valence-corrected chi connectivity index (χ0v) is 11.2. The molecule has 0 heterocycles. The Hall–Kier alpha value is -1.31. The van der Waals surface area contributed by atoms with Crippen molar-refractivity contribution in [3.05, 3.63) is 35.4 Å². The molecule has 2 atom stereocenters. The first-order valence-electron chi connectivity index (χ1n) is 6.25. The molecule has 0 saturated heterocycles. The van der Waals surface area contributed by atoms with Gasteiger partial charge in [-0.3, -0.25) is 4.79 Å². The number of carbonyl (C=O) groups is 1. The predicted molar refractivity (Wildman–Crippen MR) is 70.0 cm³/mol. The molecule has 2 nitrogen and oxygen atoms in total. The summed E-state index contributed by atoms with van der Waals surface area (Å²) in [4.78, 5) is 11.4. The highest BCUT2D eigenvalue weighted by atomic mass is 16.5. The zero-order chi connectivity index (χ0) is 12.8. The molecule has 0 aromatic heterocycles. The largest absolute Gasteiger partial charge is 0.469 e. The number of benzene rings is 1. The molecule has 1 rings (SSSR count). The zero-order valence-electron chi connectivity index (χ0n) is 11.2. The fourth-order valence-corrected chi connectivity index (χ4v) is 2.05. The summed E-state index contributed by atoms with van der Waals surface area (Å²) in [5, 5.41) is 0. The molecule has 2 heteroatoms. The molecule has 0 N–H and O–H groups in total. The van der Waals surface area contributed by atoms with Gasteiger partial charge in [0.05, 0.1) is 13.0 Å². The maximum Gasteiger partial charge on any atom is 0.308 e. The summed E-state index contributed by atoms with van der Waals surface area (Å²) < 4.78 is 4.75. The molecule has 17 heavy (non-hydrogen) atoms. The van der Waals surface area contributed by atoms with Crippen molar-refractivity contribution >= 4 is 5.97 Å². The molecule has 1 aromatic carbocycles. The summed E-state index contributed by atoms with van der Waals surface area (Å²) in [5.74, 6) is 0.220. The maximum absolute atomic E-state index is 11.4. The van der Waals surface area contributed by atoms with E-state index >= 15 is 0 Å². The van der Waals surface area contributed by atoms with E-state index in [0.29, 0.717) is 5.92 Å². The molecule has 0 aliphatic heterocycles. The van der Waals surface area contributed by atoms with Gasteiger partial charge < -0.3 is 4.74 Å². The van der Waals surface area contributed by atoms with E-state index in [1.807, 2.05) is 6.92 Å². The van der Waals surface area contributed by atoms with E-state index in [1.54, 1.807) is 0 Å². The number of ether oxygens (including phenoxy) is 1. The summed E-state index contributed by atoms with van der Waals surface area (Å²) in [6.07, 6.45) is 1.89. The van der Waals surface area contributed by atoms with Crippen LogP contribution < -0.4 is 0 Å². The summed E-state index contributed by atoms with van der Waals surface area (Å²) in [6.45, 7) is 6.22. The molecule has 2 unspecified atom stereocenters. The SMILES string of the molecule is CCc1ccc(C(C)CC(C)C(=O)OC)cc1. The fraction of sp³-hybridized carbons (Fsp3) is 0.533. The Bertz CT molecular complexity index is 354. The van der Waals surface area contributed by atoms with E-state index < -0.39 is 0 Å². The van der Waals surface area contributed by atoms with Gasteiger partial charge in [-0.25, -0.2) is 0 Å². The highest BCUT2D eigenvalue weighted by Crippen LogP contribution is 2.24. The number of esters is 1. The summed E-state index contributed by atoms with van der Waals surface area (Å²) in [5.41, 5.74) is 2.64. The van der Waals surface area contributed by atoms with E-state index in [4.69, 9.17) is 4.74 Å². The normalized spacial score (nSPS) is 14.1. The van der Waals surface area contributed by atoms with Gasteiger partial charge in [-0.2, -0.15) is 0 Å². The van der Waals surface area contributed by atoms with Crippen LogP contribution in [0.15, 0.2) is 24.3 Å². The van der Waals surface area contributed by atoms with Gasteiger partial charge in [-0.15, -0.1) is 0 Å². The van der Waals surface area contributed by atoms with Crippen LogP contribution in [0.3, 0.4) is 0 Å². The number of carbonyl (C=O) groups excluding carboxylic acids is 1. The Morgan fingerprint density at radius 1 is 1.24 bits per heavy atom. The number of aryl methyl sites for hydroxylation is 1. The summed E-state index contributed by atoms with van der Waals surface area (Å²) in [7, 11) is 1.44. The van der Waals surface area contributed by atoms with Crippen molar-refractivity contribution in [3.8, 4) is 0 Å². The first-order valence-corrected chi connectivity index (χ1v) is 6.25. The molecule has 0 spiro atoms. The first-order chi connectivity index (χ1) is 8.08. The lowest BCUT2D eigenvalue weighted by Crippen LogP contribution is -2.15. The van der Waals surface area contributed by atoms with Gasteiger partial charge in [-0.1, -0.05) is 45.0 Å². The van der Waals surface area contributed by atoms with Gasteiger partial charge in [0, 0.05) is 0 Å². The van der Waals surface area contributed by atoms with Gasteiger partial charge in [0.15, 0.2) is 0 Å². The van der Waals surface area contributed by atoms with Crippen molar-refractivity contribution in [1.82, 2.24) is 0 Å². The van der Waals surface area contributed by atoms with Crippen LogP contribution in [0.2, 0.25) is 0 Å². The minimum atomic E-state index is -0.123. The third kappa shape index (κ3) is 3.88. The second-order valence-electron chi connectivity index (χ2n) is 4.66. The van der Waals surface area contributed by atoms with Gasteiger partial charge in [0.1, 0.15) is 0 Å². The van der Waals surface area contributed by atoms with E-state index in [9.17, 15) is 4.79 Å². The lowest BCUT2D eigenvalue weighted by Gasteiger charge is -2.16. The number of hydrogen-bond donors (Lipinski definition) is 0. The Kier molecular flexibility index (Phi) is 5.20. The van der Waals surface area contributed by atoms with Crippen molar-refractivity contribution in [2.24, 2.45) is 5.92 Å². The van der Waals surface area contributed by atoms with E-state index in [1.165, 1.54) is 18.2 Å². The van der Waals surface area contributed by atoms with Crippen LogP contribution in [0, 0.1) is 5.92 Å². The second kappa shape index (κ2) is 6.43. The Labute approximate surface area is 104 Å². The second-order valence-corrected chi connectivity index (χ2v) is 4.66. The quantitative estimate of drug-likeness (QED) is 0.728. The lowest BCUT2D eigenvalue weighted by atomic mass is 9.90. The Morgan fingerprint density at radius 3 is 2.29 bits per heavy atom.